The molecule has 5 aliphatic heterocycles. The van der Waals surface area contributed by atoms with Crippen molar-refractivity contribution in [3.05, 3.63) is 60.3 Å². The van der Waals surface area contributed by atoms with Crippen molar-refractivity contribution in [2.75, 3.05) is 39.3 Å². The Kier molecular flexibility index (Phi) is 19.0. The molecule has 1 fully saturated rings. The maximum atomic E-state index is 10.8. The Morgan fingerprint density at radius 2 is 1.33 bits per heavy atom. The fraction of sp³-hybridized carbons (Fsp3) is 0.667. The molecular formula is C36H52F6N2O5. The van der Waals surface area contributed by atoms with Crippen molar-refractivity contribution in [2.24, 2.45) is 17.8 Å². The molecule has 6 bridgehead atoms. The topological polar surface area (TPSA) is 101 Å². The number of allylic oxidation sites excluding steroid dienone is 6. The molecule has 0 aromatic carbocycles. The van der Waals surface area contributed by atoms with Gasteiger partial charge in [0.15, 0.2) is 0 Å². The molecular weight excluding hydrogens is 654 g/mol. The summed E-state index contributed by atoms with van der Waals surface area (Å²) in [5.41, 5.74) is 1.63. The molecule has 0 aliphatic carbocycles. The van der Waals surface area contributed by atoms with Gasteiger partial charge in [0.25, 0.3) is 0 Å². The van der Waals surface area contributed by atoms with E-state index in [9.17, 15) is 31.4 Å². The first-order valence-electron chi connectivity index (χ1n) is 17.2. The van der Waals surface area contributed by atoms with Crippen LogP contribution in [0.25, 0.3) is 0 Å². The molecule has 0 aromatic rings. The van der Waals surface area contributed by atoms with Gasteiger partial charge in [0, 0.05) is 32.7 Å². The number of piperidine rings is 1. The molecule has 3 N–H and O–H groups in total. The number of halogens is 6. The van der Waals surface area contributed by atoms with E-state index in [1.54, 1.807) is 5.57 Å². The molecule has 13 heteroatoms. The first-order chi connectivity index (χ1) is 23.2. The summed E-state index contributed by atoms with van der Waals surface area (Å²) in [6.07, 6.45) is 25.2. The summed E-state index contributed by atoms with van der Waals surface area (Å²) in [7, 11) is 0. The third kappa shape index (κ3) is 18.1. The van der Waals surface area contributed by atoms with E-state index < -0.39 is 24.3 Å². The van der Waals surface area contributed by atoms with Crippen molar-refractivity contribution < 1.29 is 51.3 Å². The van der Waals surface area contributed by atoms with Crippen molar-refractivity contribution in [1.29, 1.82) is 0 Å². The van der Waals surface area contributed by atoms with E-state index in [0.29, 0.717) is 5.92 Å². The van der Waals surface area contributed by atoms with Crippen LogP contribution in [0.3, 0.4) is 0 Å². The summed E-state index contributed by atoms with van der Waals surface area (Å²) in [5, 5.41) is 25.0. The van der Waals surface area contributed by atoms with Gasteiger partial charge in [-0.15, -0.1) is 0 Å². The van der Waals surface area contributed by atoms with Gasteiger partial charge in [0.2, 0.25) is 0 Å². The minimum atomic E-state index is -5.08. The molecule has 7 nitrogen and oxygen atoms in total. The molecule has 5 rings (SSSR count). The molecule has 0 amide bonds. The fourth-order valence-electron chi connectivity index (χ4n) is 6.74. The lowest BCUT2D eigenvalue weighted by Crippen LogP contribution is -2.47. The van der Waals surface area contributed by atoms with E-state index in [0.717, 1.165) is 37.9 Å². The predicted octanol–water partition coefficient (Wildman–Crippen LogP) is 7.95. The summed E-state index contributed by atoms with van der Waals surface area (Å²) < 4.78 is 63.5. The van der Waals surface area contributed by atoms with Crippen LogP contribution < -0.4 is 0 Å². The first-order valence-corrected chi connectivity index (χ1v) is 17.2. The largest absolute Gasteiger partial charge is 0.490 e. The zero-order chi connectivity index (χ0) is 36.3. The standard InChI is InChI=1S/C32H50N2O.2C2HF3O2/c35-31-19-15-11-7-2-1-6-10-14-18-29-25-33-21-16-12-8-4-3-5-9-13-17-28-23-30(32(29)20-22-33)26-34(24-28)27-31;2*3-2(4,5)1(6)7/h2-4,7-8,12,15,19,23,29-32,35H,1,5-6,9-11,13-14,16-18,20-22,24-27H2;2*(H,6,7)/b4-3-,7-2-,12-8+,19-15-;;/t29-,30+,31?,32-;;/m1../s1. The zero-order valence-electron chi connectivity index (χ0n) is 28.1. The number of aliphatic hydroxyl groups excluding tert-OH is 1. The number of nitrogens with zero attached hydrogens (tertiary/aromatic N) is 2. The van der Waals surface area contributed by atoms with Crippen LogP contribution in [0, 0.1) is 17.8 Å². The Balaban J connectivity index is 0.000000500. The number of aliphatic carboxylic acids is 2. The van der Waals surface area contributed by atoms with Gasteiger partial charge >= 0.3 is 24.3 Å². The molecule has 278 valence electrons. The molecule has 5 heterocycles. The summed E-state index contributed by atoms with van der Waals surface area (Å²) in [6.45, 7) is 6.67. The molecule has 0 aromatic heterocycles. The third-order valence-electron chi connectivity index (χ3n) is 9.06. The van der Waals surface area contributed by atoms with Gasteiger partial charge in [0.1, 0.15) is 0 Å². The SMILES string of the molecule is O=C(O)C(F)(F)F.O=C(O)C(F)(F)F.OC1/C=C\C/C=C\CCCCC[C@@H]2CN3CC/C=C/C=C\CCCCC4=C[C@@H](CN(C4)C1)[C@@H]2CC3. The summed E-state index contributed by atoms with van der Waals surface area (Å²) in [4.78, 5) is 23.1. The number of carboxylic acid groups (broad SMARTS) is 2. The number of carboxylic acids is 2. The van der Waals surface area contributed by atoms with Crippen molar-refractivity contribution >= 4 is 11.9 Å². The predicted molar refractivity (Wildman–Crippen MR) is 177 cm³/mol. The average Bonchev–Trinajstić information content (AvgIpc) is 3.02. The van der Waals surface area contributed by atoms with Crippen molar-refractivity contribution in [3.63, 3.8) is 0 Å². The highest BCUT2D eigenvalue weighted by Gasteiger charge is 2.39. The highest BCUT2D eigenvalue weighted by Crippen LogP contribution is 2.37. The van der Waals surface area contributed by atoms with E-state index >= 15 is 0 Å². The quantitative estimate of drug-likeness (QED) is 0.174. The highest BCUT2D eigenvalue weighted by molar-refractivity contribution is 5.73. The molecule has 0 saturated carbocycles. The highest BCUT2D eigenvalue weighted by atomic mass is 19.4. The number of carbonyl (C=O) groups is 2. The van der Waals surface area contributed by atoms with Gasteiger partial charge in [-0.1, -0.05) is 73.1 Å². The van der Waals surface area contributed by atoms with Crippen LogP contribution in [0.2, 0.25) is 0 Å². The maximum Gasteiger partial charge on any atom is 0.490 e. The Morgan fingerprint density at radius 1 is 0.694 bits per heavy atom. The molecule has 6 atom stereocenters. The van der Waals surface area contributed by atoms with E-state index in [1.165, 1.54) is 90.3 Å². The zero-order valence-corrected chi connectivity index (χ0v) is 28.1. The van der Waals surface area contributed by atoms with Gasteiger partial charge in [0.05, 0.1) is 6.10 Å². The van der Waals surface area contributed by atoms with Crippen LogP contribution >= 0.6 is 0 Å². The minimum absolute atomic E-state index is 0.365. The van der Waals surface area contributed by atoms with Gasteiger partial charge in [-0.05, 0) is 88.5 Å². The fourth-order valence-corrected chi connectivity index (χ4v) is 6.74. The number of fused-ring (bicyclic) bond motifs is 9. The van der Waals surface area contributed by atoms with Crippen LogP contribution in [0.15, 0.2) is 60.3 Å². The lowest BCUT2D eigenvalue weighted by Gasteiger charge is -2.45. The van der Waals surface area contributed by atoms with Crippen LogP contribution in [-0.2, 0) is 9.59 Å². The molecule has 49 heavy (non-hydrogen) atoms. The molecule has 5 aliphatic rings. The summed E-state index contributed by atoms with van der Waals surface area (Å²) in [5.74, 6) is -3.27. The van der Waals surface area contributed by atoms with E-state index in [2.05, 4.69) is 58.4 Å². The lowest BCUT2D eigenvalue weighted by atomic mass is 9.72. The lowest BCUT2D eigenvalue weighted by molar-refractivity contribution is -0.193. The van der Waals surface area contributed by atoms with Gasteiger partial charge in [-0.2, -0.15) is 26.3 Å². The van der Waals surface area contributed by atoms with Gasteiger partial charge in [-0.25, -0.2) is 9.59 Å². The minimum Gasteiger partial charge on any atom is -0.475 e. The number of hydrogen-bond donors (Lipinski definition) is 3. The third-order valence-corrected chi connectivity index (χ3v) is 9.06. The van der Waals surface area contributed by atoms with E-state index in [-0.39, 0.29) is 6.10 Å². The number of rotatable bonds is 0. The number of aliphatic hydroxyl groups is 1. The van der Waals surface area contributed by atoms with Crippen LogP contribution in [-0.4, -0.2) is 94.8 Å². The first kappa shape index (κ1) is 42.3. The molecule has 0 spiro atoms. The maximum absolute atomic E-state index is 10.8. The second-order valence-electron chi connectivity index (χ2n) is 13.0. The molecule has 1 saturated heterocycles. The monoisotopic (exact) mass is 706 g/mol. The Morgan fingerprint density at radius 3 is 2.00 bits per heavy atom. The Bertz CT molecular complexity index is 1120. The second kappa shape index (κ2) is 22.0. The Hall–Kier alpha value is -2.90. The summed E-state index contributed by atoms with van der Waals surface area (Å²) in [6, 6.07) is 0. The van der Waals surface area contributed by atoms with Crippen LogP contribution in [0.5, 0.6) is 0 Å². The summed E-state index contributed by atoms with van der Waals surface area (Å²) >= 11 is 0. The van der Waals surface area contributed by atoms with Crippen molar-refractivity contribution in [3.8, 4) is 0 Å². The molecule has 0 radical (unpaired) electrons. The van der Waals surface area contributed by atoms with E-state index in [1.807, 2.05) is 6.08 Å². The smallest absolute Gasteiger partial charge is 0.475 e. The number of alkyl halides is 6. The second-order valence-corrected chi connectivity index (χ2v) is 13.0. The van der Waals surface area contributed by atoms with Gasteiger partial charge < -0.3 is 20.2 Å². The number of hydrogen-bond acceptors (Lipinski definition) is 5. The van der Waals surface area contributed by atoms with Crippen molar-refractivity contribution in [2.45, 2.75) is 95.5 Å². The van der Waals surface area contributed by atoms with Crippen molar-refractivity contribution in [1.82, 2.24) is 9.80 Å². The van der Waals surface area contributed by atoms with Crippen LogP contribution in [0.4, 0.5) is 26.3 Å². The van der Waals surface area contributed by atoms with Gasteiger partial charge in [-0.3, -0.25) is 4.90 Å². The van der Waals surface area contributed by atoms with Crippen LogP contribution in [0.1, 0.15) is 77.0 Å². The normalized spacial score (nSPS) is 31.6. The Labute approximate surface area is 285 Å². The van der Waals surface area contributed by atoms with E-state index in [4.69, 9.17) is 19.8 Å². The molecule has 3 unspecified atom stereocenters. The average molecular weight is 707 g/mol.